The van der Waals surface area contributed by atoms with Crippen LogP contribution in [0.3, 0.4) is 0 Å². The third-order valence-electron chi connectivity index (χ3n) is 2.84. The normalized spacial score (nSPS) is 18.1. The lowest BCUT2D eigenvalue weighted by Crippen LogP contribution is -2.31. The molecule has 0 bridgehead atoms. The average molecular weight is 185 g/mol. The fourth-order valence-electron chi connectivity index (χ4n) is 1.90. The molecule has 0 N–H and O–H groups in total. The summed E-state index contributed by atoms with van der Waals surface area (Å²) in [5.41, 5.74) is 0. The Labute approximate surface area is 80.1 Å². The summed E-state index contributed by atoms with van der Waals surface area (Å²) in [5, 5.41) is 0. The zero-order valence-corrected chi connectivity index (χ0v) is 8.58. The molecule has 0 unspecified atom stereocenters. The number of hydrogen-bond acceptors (Lipinski definition) is 3. The SMILES string of the molecule is COC(=O)CCN(C)C1CCCC1. The van der Waals surface area contributed by atoms with Gasteiger partial charge in [-0.25, -0.2) is 0 Å². The zero-order valence-electron chi connectivity index (χ0n) is 8.58. The number of rotatable bonds is 4. The van der Waals surface area contributed by atoms with Gasteiger partial charge in [-0.2, -0.15) is 0 Å². The van der Waals surface area contributed by atoms with E-state index in [9.17, 15) is 4.79 Å². The molecule has 13 heavy (non-hydrogen) atoms. The van der Waals surface area contributed by atoms with Crippen LogP contribution in [0.4, 0.5) is 0 Å². The van der Waals surface area contributed by atoms with Gasteiger partial charge in [0.15, 0.2) is 0 Å². The van der Waals surface area contributed by atoms with Gasteiger partial charge in [-0.05, 0) is 19.9 Å². The highest BCUT2D eigenvalue weighted by molar-refractivity contribution is 5.69. The number of carbonyl (C=O) groups excluding carboxylic acids is 1. The molecular weight excluding hydrogens is 166 g/mol. The summed E-state index contributed by atoms with van der Waals surface area (Å²) in [6.45, 7) is 0.831. The molecule has 1 aliphatic carbocycles. The van der Waals surface area contributed by atoms with Gasteiger partial charge in [-0.15, -0.1) is 0 Å². The number of methoxy groups -OCH3 is 1. The highest BCUT2D eigenvalue weighted by atomic mass is 16.5. The molecule has 1 fully saturated rings. The largest absolute Gasteiger partial charge is 0.469 e. The fourth-order valence-corrected chi connectivity index (χ4v) is 1.90. The van der Waals surface area contributed by atoms with Gasteiger partial charge in [-0.1, -0.05) is 12.8 Å². The number of esters is 1. The van der Waals surface area contributed by atoms with Gasteiger partial charge in [0, 0.05) is 12.6 Å². The molecule has 0 radical (unpaired) electrons. The van der Waals surface area contributed by atoms with Crippen molar-refractivity contribution in [1.82, 2.24) is 4.90 Å². The third kappa shape index (κ3) is 3.35. The van der Waals surface area contributed by atoms with E-state index in [2.05, 4.69) is 16.7 Å². The van der Waals surface area contributed by atoms with Crippen LogP contribution in [0.5, 0.6) is 0 Å². The van der Waals surface area contributed by atoms with Crippen LogP contribution in [0.15, 0.2) is 0 Å². The van der Waals surface area contributed by atoms with Crippen LogP contribution in [-0.2, 0) is 9.53 Å². The van der Waals surface area contributed by atoms with Crippen molar-refractivity contribution in [2.24, 2.45) is 0 Å². The summed E-state index contributed by atoms with van der Waals surface area (Å²) in [7, 11) is 3.54. The number of hydrogen-bond donors (Lipinski definition) is 0. The summed E-state index contributed by atoms with van der Waals surface area (Å²) >= 11 is 0. The van der Waals surface area contributed by atoms with E-state index in [0.717, 1.165) is 6.54 Å². The molecule has 0 aliphatic heterocycles. The topological polar surface area (TPSA) is 29.5 Å². The standard InChI is InChI=1S/C10H19NO2/c1-11(8-7-10(12)13-2)9-5-3-4-6-9/h9H,3-8H2,1-2H3. The molecule has 0 spiro atoms. The van der Waals surface area contributed by atoms with Crippen molar-refractivity contribution in [2.45, 2.75) is 38.1 Å². The average Bonchev–Trinajstić information content (AvgIpc) is 2.66. The zero-order chi connectivity index (χ0) is 9.68. The minimum atomic E-state index is -0.107. The second-order valence-corrected chi connectivity index (χ2v) is 3.75. The Morgan fingerprint density at radius 2 is 2.08 bits per heavy atom. The van der Waals surface area contributed by atoms with Crippen molar-refractivity contribution in [2.75, 3.05) is 20.7 Å². The van der Waals surface area contributed by atoms with Crippen molar-refractivity contribution in [3.63, 3.8) is 0 Å². The van der Waals surface area contributed by atoms with E-state index in [1.807, 2.05) is 0 Å². The molecule has 0 aromatic carbocycles. The van der Waals surface area contributed by atoms with Gasteiger partial charge in [0.2, 0.25) is 0 Å². The summed E-state index contributed by atoms with van der Waals surface area (Å²) in [5.74, 6) is -0.107. The third-order valence-corrected chi connectivity index (χ3v) is 2.84. The second kappa shape index (κ2) is 5.22. The van der Waals surface area contributed by atoms with Crippen LogP contribution in [0.2, 0.25) is 0 Å². The van der Waals surface area contributed by atoms with E-state index < -0.39 is 0 Å². The number of carbonyl (C=O) groups is 1. The van der Waals surface area contributed by atoms with Crippen LogP contribution in [0, 0.1) is 0 Å². The fraction of sp³-hybridized carbons (Fsp3) is 0.900. The van der Waals surface area contributed by atoms with Crippen LogP contribution in [0.25, 0.3) is 0 Å². The minimum absolute atomic E-state index is 0.107. The molecule has 76 valence electrons. The Morgan fingerprint density at radius 1 is 1.46 bits per heavy atom. The van der Waals surface area contributed by atoms with E-state index in [4.69, 9.17) is 0 Å². The Balaban J connectivity index is 2.16. The van der Waals surface area contributed by atoms with Crippen molar-refractivity contribution < 1.29 is 9.53 Å². The van der Waals surface area contributed by atoms with E-state index >= 15 is 0 Å². The Bertz CT molecular complexity index is 164. The molecule has 0 atom stereocenters. The highest BCUT2D eigenvalue weighted by Gasteiger charge is 2.19. The molecule has 0 heterocycles. The summed E-state index contributed by atoms with van der Waals surface area (Å²) < 4.78 is 4.60. The summed E-state index contributed by atoms with van der Waals surface area (Å²) in [6.07, 6.45) is 5.78. The van der Waals surface area contributed by atoms with Crippen molar-refractivity contribution in [3.8, 4) is 0 Å². The van der Waals surface area contributed by atoms with Gasteiger partial charge in [-0.3, -0.25) is 4.79 Å². The minimum Gasteiger partial charge on any atom is -0.469 e. The smallest absolute Gasteiger partial charge is 0.306 e. The maximum atomic E-state index is 10.9. The molecule has 3 nitrogen and oxygen atoms in total. The molecule has 3 heteroatoms. The van der Waals surface area contributed by atoms with Gasteiger partial charge < -0.3 is 9.64 Å². The molecule has 0 aromatic rings. The second-order valence-electron chi connectivity index (χ2n) is 3.75. The highest BCUT2D eigenvalue weighted by Crippen LogP contribution is 2.22. The predicted molar refractivity (Wildman–Crippen MR) is 51.5 cm³/mol. The lowest BCUT2D eigenvalue weighted by Gasteiger charge is -2.23. The van der Waals surface area contributed by atoms with Crippen LogP contribution in [-0.4, -0.2) is 37.6 Å². The first-order valence-corrected chi connectivity index (χ1v) is 5.01. The first-order chi connectivity index (χ1) is 6.24. The molecule has 1 aliphatic rings. The molecular formula is C10H19NO2. The van der Waals surface area contributed by atoms with Gasteiger partial charge in [0.1, 0.15) is 0 Å². The molecule has 0 saturated heterocycles. The molecule has 0 amide bonds. The Morgan fingerprint density at radius 3 is 2.62 bits per heavy atom. The molecule has 0 aromatic heterocycles. The Kier molecular flexibility index (Phi) is 4.22. The maximum Gasteiger partial charge on any atom is 0.306 e. The number of nitrogens with zero attached hydrogens (tertiary/aromatic N) is 1. The van der Waals surface area contributed by atoms with Crippen molar-refractivity contribution in [1.29, 1.82) is 0 Å². The molecule has 1 rings (SSSR count). The van der Waals surface area contributed by atoms with Crippen LogP contribution >= 0.6 is 0 Å². The van der Waals surface area contributed by atoms with Crippen molar-refractivity contribution in [3.05, 3.63) is 0 Å². The van der Waals surface area contributed by atoms with Crippen LogP contribution in [0.1, 0.15) is 32.1 Å². The van der Waals surface area contributed by atoms with Crippen molar-refractivity contribution >= 4 is 5.97 Å². The van der Waals surface area contributed by atoms with E-state index in [1.54, 1.807) is 0 Å². The first kappa shape index (κ1) is 10.5. The van der Waals surface area contributed by atoms with E-state index in [0.29, 0.717) is 12.5 Å². The molecule has 1 saturated carbocycles. The quantitative estimate of drug-likeness (QED) is 0.620. The van der Waals surface area contributed by atoms with Crippen LogP contribution < -0.4 is 0 Å². The lowest BCUT2D eigenvalue weighted by atomic mass is 10.2. The first-order valence-electron chi connectivity index (χ1n) is 5.01. The lowest BCUT2D eigenvalue weighted by molar-refractivity contribution is -0.141. The summed E-state index contributed by atoms with van der Waals surface area (Å²) in [4.78, 5) is 13.2. The monoisotopic (exact) mass is 185 g/mol. The summed E-state index contributed by atoms with van der Waals surface area (Å²) in [6, 6.07) is 0.699. The Hall–Kier alpha value is -0.570. The number of ether oxygens (including phenoxy) is 1. The maximum absolute atomic E-state index is 10.9. The van der Waals surface area contributed by atoms with Gasteiger partial charge >= 0.3 is 5.97 Å². The van der Waals surface area contributed by atoms with E-state index in [1.165, 1.54) is 32.8 Å². The van der Waals surface area contributed by atoms with Gasteiger partial charge in [0.25, 0.3) is 0 Å². The van der Waals surface area contributed by atoms with Gasteiger partial charge in [0.05, 0.1) is 13.5 Å². The predicted octanol–water partition coefficient (Wildman–Crippen LogP) is 1.42. The van der Waals surface area contributed by atoms with E-state index in [-0.39, 0.29) is 5.97 Å².